The van der Waals surface area contributed by atoms with Gasteiger partial charge in [0, 0.05) is 13.1 Å². The first-order chi connectivity index (χ1) is 14.0. The molecule has 1 unspecified atom stereocenters. The zero-order valence-corrected chi connectivity index (χ0v) is 21.5. The Morgan fingerprint density at radius 2 is 1.83 bits per heavy atom. The minimum absolute atomic E-state index is 0.129. The molecule has 0 radical (unpaired) electrons. The van der Waals surface area contributed by atoms with Crippen molar-refractivity contribution in [2.24, 2.45) is 11.8 Å². The van der Waals surface area contributed by atoms with Crippen LogP contribution in [-0.4, -0.2) is 41.5 Å². The number of halogens is 1. The van der Waals surface area contributed by atoms with E-state index in [1.807, 2.05) is 27.7 Å². The number of carbonyl (C=O) groups excluding carboxylic acids is 1. The van der Waals surface area contributed by atoms with Crippen molar-refractivity contribution in [2.75, 3.05) is 18.4 Å². The quantitative estimate of drug-likeness (QED) is 0.399. The Labute approximate surface area is 192 Å². The molecule has 0 aliphatic carbocycles. The van der Waals surface area contributed by atoms with Gasteiger partial charge in [0.25, 0.3) is 0 Å². The molecule has 9 heteroatoms. The van der Waals surface area contributed by atoms with Crippen LogP contribution in [0.1, 0.15) is 53.9 Å². The van der Waals surface area contributed by atoms with Crippen LogP contribution in [0.25, 0.3) is 10.2 Å². The van der Waals surface area contributed by atoms with Crippen molar-refractivity contribution >= 4 is 58.5 Å². The number of carbonyl (C=O) groups is 1. The molecule has 1 aromatic carbocycles. The average Bonchev–Trinajstić information content (AvgIpc) is 3.06. The second-order valence-electron chi connectivity index (χ2n) is 8.36. The van der Waals surface area contributed by atoms with Crippen molar-refractivity contribution in [3.63, 3.8) is 0 Å². The van der Waals surface area contributed by atoms with E-state index in [-0.39, 0.29) is 27.5 Å². The molecule has 0 fully saturated rings. The summed E-state index contributed by atoms with van der Waals surface area (Å²) >= 11 is 4.71. The smallest absolute Gasteiger partial charge is 0.243 e. The van der Waals surface area contributed by atoms with E-state index >= 15 is 0 Å². The van der Waals surface area contributed by atoms with E-state index < -0.39 is 10.0 Å². The van der Waals surface area contributed by atoms with Gasteiger partial charge in [-0.2, -0.15) is 4.31 Å². The molecule has 2 rings (SSSR count). The molecular weight excluding hydrogens is 486 g/mol. The maximum atomic E-state index is 13.3. The molecule has 30 heavy (non-hydrogen) atoms. The van der Waals surface area contributed by atoms with Crippen LogP contribution < -0.4 is 5.32 Å². The van der Waals surface area contributed by atoms with E-state index in [1.165, 1.54) is 11.3 Å². The SMILES string of the molecule is CCCCC(Br)C(=O)Nc1nc2ccc(S(=O)(=O)N(CC(C)C)CC(C)C)cc2s1. The molecule has 1 aromatic heterocycles. The molecule has 0 saturated carbocycles. The molecule has 0 bridgehead atoms. The van der Waals surface area contributed by atoms with Gasteiger partial charge in [0.1, 0.15) is 0 Å². The first kappa shape index (κ1) is 25.2. The molecule has 0 saturated heterocycles. The van der Waals surface area contributed by atoms with E-state index in [9.17, 15) is 13.2 Å². The molecule has 2 aromatic rings. The highest BCUT2D eigenvalue weighted by molar-refractivity contribution is 9.10. The molecule has 0 aliphatic heterocycles. The van der Waals surface area contributed by atoms with Gasteiger partial charge in [-0.05, 0) is 36.5 Å². The van der Waals surface area contributed by atoms with Crippen molar-refractivity contribution in [2.45, 2.75) is 63.6 Å². The first-order valence-corrected chi connectivity index (χ1v) is 13.6. The Bertz CT molecular complexity index is 948. The molecule has 0 spiro atoms. The molecular formula is C21H32BrN3O3S2. The van der Waals surface area contributed by atoms with Crippen molar-refractivity contribution in [3.05, 3.63) is 18.2 Å². The van der Waals surface area contributed by atoms with Gasteiger partial charge in [-0.1, -0.05) is 74.7 Å². The number of anilines is 1. The fourth-order valence-corrected chi connectivity index (χ4v) is 6.27. The number of amides is 1. The number of rotatable bonds is 11. The number of alkyl halides is 1. The third kappa shape index (κ3) is 6.73. The highest BCUT2D eigenvalue weighted by Gasteiger charge is 2.26. The van der Waals surface area contributed by atoms with Crippen molar-refractivity contribution < 1.29 is 13.2 Å². The summed E-state index contributed by atoms with van der Waals surface area (Å²) in [6.45, 7) is 11.1. The van der Waals surface area contributed by atoms with Gasteiger partial charge in [-0.15, -0.1) is 0 Å². The van der Waals surface area contributed by atoms with Crippen LogP contribution in [0.15, 0.2) is 23.1 Å². The summed E-state index contributed by atoms with van der Waals surface area (Å²) < 4.78 is 28.8. The van der Waals surface area contributed by atoms with Gasteiger partial charge in [-0.3, -0.25) is 4.79 Å². The number of thiazole rings is 1. The van der Waals surface area contributed by atoms with Crippen LogP contribution in [0.4, 0.5) is 5.13 Å². The number of aromatic nitrogens is 1. The Balaban J connectivity index is 2.26. The predicted molar refractivity (Wildman–Crippen MR) is 129 cm³/mol. The van der Waals surface area contributed by atoms with Crippen LogP contribution in [0.3, 0.4) is 0 Å². The number of hydrogen-bond donors (Lipinski definition) is 1. The largest absolute Gasteiger partial charge is 0.301 e. The van der Waals surface area contributed by atoms with E-state index in [2.05, 4.69) is 33.2 Å². The van der Waals surface area contributed by atoms with Crippen LogP contribution in [0.2, 0.25) is 0 Å². The van der Waals surface area contributed by atoms with Gasteiger partial charge in [-0.25, -0.2) is 13.4 Å². The predicted octanol–water partition coefficient (Wildman–Crippen LogP) is 5.49. The average molecular weight is 519 g/mol. The molecule has 1 heterocycles. The van der Waals surface area contributed by atoms with Gasteiger partial charge in [0.15, 0.2) is 5.13 Å². The zero-order valence-electron chi connectivity index (χ0n) is 18.3. The van der Waals surface area contributed by atoms with Gasteiger partial charge in [0.05, 0.1) is 19.9 Å². The van der Waals surface area contributed by atoms with E-state index in [0.29, 0.717) is 23.7 Å². The Hall–Kier alpha value is -1.03. The highest BCUT2D eigenvalue weighted by Crippen LogP contribution is 2.30. The van der Waals surface area contributed by atoms with Crippen LogP contribution >= 0.6 is 27.3 Å². The lowest BCUT2D eigenvalue weighted by Crippen LogP contribution is -2.37. The topological polar surface area (TPSA) is 79.4 Å². The number of fused-ring (bicyclic) bond motifs is 1. The van der Waals surface area contributed by atoms with Crippen molar-refractivity contribution in [1.82, 2.24) is 9.29 Å². The number of sulfonamides is 1. The van der Waals surface area contributed by atoms with Crippen LogP contribution in [0.5, 0.6) is 0 Å². The summed E-state index contributed by atoms with van der Waals surface area (Å²) in [6.07, 6.45) is 2.75. The minimum atomic E-state index is -3.60. The highest BCUT2D eigenvalue weighted by atomic mass is 79.9. The second kappa shape index (κ2) is 11.0. The number of hydrogen-bond acceptors (Lipinski definition) is 5. The molecule has 1 N–H and O–H groups in total. The van der Waals surface area contributed by atoms with E-state index in [1.54, 1.807) is 22.5 Å². The molecule has 6 nitrogen and oxygen atoms in total. The lowest BCUT2D eigenvalue weighted by molar-refractivity contribution is -0.115. The third-order valence-electron chi connectivity index (χ3n) is 4.46. The number of benzene rings is 1. The minimum Gasteiger partial charge on any atom is -0.301 e. The normalized spacial score (nSPS) is 13.5. The summed E-state index contributed by atoms with van der Waals surface area (Å²) in [5.74, 6) is 0.338. The molecule has 0 aliphatic rings. The zero-order chi connectivity index (χ0) is 22.5. The summed E-state index contributed by atoms with van der Waals surface area (Å²) in [5, 5.41) is 3.31. The van der Waals surface area contributed by atoms with Gasteiger partial charge >= 0.3 is 0 Å². The summed E-state index contributed by atoms with van der Waals surface area (Å²) in [4.78, 5) is 16.8. The summed E-state index contributed by atoms with van der Waals surface area (Å²) in [5.41, 5.74) is 0.674. The maximum Gasteiger partial charge on any atom is 0.243 e. The van der Waals surface area contributed by atoms with E-state index in [4.69, 9.17) is 0 Å². The van der Waals surface area contributed by atoms with E-state index in [0.717, 1.165) is 24.0 Å². The standard InChI is InChI=1S/C21H32BrN3O3S2/c1-6-7-8-17(22)20(26)24-21-23-18-10-9-16(11-19(18)29-21)30(27,28)25(12-14(2)3)13-15(4)5/h9-11,14-15,17H,6-8,12-13H2,1-5H3,(H,23,24,26). The van der Waals surface area contributed by atoms with Crippen molar-refractivity contribution in [1.29, 1.82) is 0 Å². The second-order valence-corrected chi connectivity index (χ2v) is 12.4. The summed E-state index contributed by atoms with van der Waals surface area (Å²) in [7, 11) is -3.60. The number of nitrogens with zero attached hydrogens (tertiary/aromatic N) is 2. The monoisotopic (exact) mass is 517 g/mol. The molecule has 1 amide bonds. The van der Waals surface area contributed by atoms with Gasteiger partial charge in [0.2, 0.25) is 15.9 Å². The summed E-state index contributed by atoms with van der Waals surface area (Å²) in [6, 6.07) is 4.97. The van der Waals surface area contributed by atoms with Gasteiger partial charge < -0.3 is 5.32 Å². The molecule has 168 valence electrons. The lowest BCUT2D eigenvalue weighted by atomic mass is 10.2. The fraction of sp³-hybridized carbons (Fsp3) is 0.619. The number of unbranched alkanes of at least 4 members (excludes halogenated alkanes) is 1. The van der Waals surface area contributed by atoms with Crippen molar-refractivity contribution in [3.8, 4) is 0 Å². The molecule has 1 atom stereocenters. The third-order valence-corrected chi connectivity index (χ3v) is 8.10. The van der Waals surface area contributed by atoms with Crippen LogP contribution in [-0.2, 0) is 14.8 Å². The maximum absolute atomic E-state index is 13.3. The Kier molecular flexibility index (Phi) is 9.27. The Morgan fingerprint density at radius 3 is 2.40 bits per heavy atom. The number of nitrogens with one attached hydrogen (secondary N) is 1. The first-order valence-electron chi connectivity index (χ1n) is 10.4. The van der Waals surface area contributed by atoms with Crippen LogP contribution in [0, 0.1) is 11.8 Å². The lowest BCUT2D eigenvalue weighted by Gasteiger charge is -2.25. The Morgan fingerprint density at radius 1 is 1.20 bits per heavy atom. The fourth-order valence-electron chi connectivity index (χ4n) is 3.05.